The van der Waals surface area contributed by atoms with Gasteiger partial charge in [0.15, 0.2) is 0 Å². The van der Waals surface area contributed by atoms with Crippen LogP contribution in [-0.2, 0) is 19.4 Å². The molecular weight excluding hydrogens is 244 g/mol. The molecule has 0 aromatic heterocycles. The predicted octanol–water partition coefficient (Wildman–Crippen LogP) is 3.14. The summed E-state index contributed by atoms with van der Waals surface area (Å²) in [5.74, 6) is 0. The van der Waals surface area contributed by atoms with Crippen LogP contribution in [0.5, 0.6) is 0 Å². The standard InChI is InChI=1S/C18H28N2/c1-15(20-10-3-2-4-11-20)13-19-14-16-8-9-17-6-5-7-18(17)12-16/h8-9,12,15,19H,2-7,10-11,13-14H2,1H3. The maximum atomic E-state index is 3.65. The summed E-state index contributed by atoms with van der Waals surface area (Å²) in [5, 5.41) is 3.65. The van der Waals surface area contributed by atoms with Gasteiger partial charge in [-0.05, 0) is 68.8 Å². The number of benzene rings is 1. The second kappa shape index (κ2) is 6.73. The number of fused-ring (bicyclic) bond motifs is 1. The van der Waals surface area contributed by atoms with Gasteiger partial charge < -0.3 is 5.32 Å². The molecule has 0 saturated carbocycles. The van der Waals surface area contributed by atoms with Crippen LogP contribution in [0.1, 0.15) is 49.3 Å². The minimum absolute atomic E-state index is 0.671. The molecule has 3 rings (SSSR count). The SMILES string of the molecule is CC(CNCc1ccc2c(c1)CCC2)N1CCCCC1. The summed E-state index contributed by atoms with van der Waals surface area (Å²) in [5.41, 5.74) is 4.63. The van der Waals surface area contributed by atoms with Gasteiger partial charge >= 0.3 is 0 Å². The molecule has 1 fully saturated rings. The lowest BCUT2D eigenvalue weighted by Crippen LogP contribution is -2.42. The highest BCUT2D eigenvalue weighted by Gasteiger charge is 2.16. The van der Waals surface area contributed by atoms with Gasteiger partial charge in [-0.15, -0.1) is 0 Å². The lowest BCUT2D eigenvalue weighted by Gasteiger charge is -2.32. The van der Waals surface area contributed by atoms with Crippen molar-refractivity contribution in [3.05, 3.63) is 34.9 Å². The van der Waals surface area contributed by atoms with E-state index in [0.29, 0.717) is 6.04 Å². The molecule has 1 aliphatic carbocycles. The third-order valence-corrected chi connectivity index (χ3v) is 4.95. The molecule has 1 unspecified atom stereocenters. The average molecular weight is 272 g/mol. The van der Waals surface area contributed by atoms with E-state index in [1.165, 1.54) is 57.2 Å². The first kappa shape index (κ1) is 14.1. The van der Waals surface area contributed by atoms with E-state index in [0.717, 1.165) is 13.1 Å². The van der Waals surface area contributed by atoms with Crippen LogP contribution in [0.15, 0.2) is 18.2 Å². The first-order valence-electron chi connectivity index (χ1n) is 8.38. The number of likely N-dealkylation sites (tertiary alicyclic amines) is 1. The van der Waals surface area contributed by atoms with E-state index in [4.69, 9.17) is 0 Å². The summed E-state index contributed by atoms with van der Waals surface area (Å²) in [6.45, 7) is 7.08. The monoisotopic (exact) mass is 272 g/mol. The molecule has 0 amide bonds. The number of piperidine rings is 1. The summed E-state index contributed by atoms with van der Waals surface area (Å²) >= 11 is 0. The Labute approximate surface area is 123 Å². The van der Waals surface area contributed by atoms with Gasteiger partial charge in [-0.1, -0.05) is 24.6 Å². The first-order valence-corrected chi connectivity index (χ1v) is 8.38. The Morgan fingerprint density at radius 3 is 2.70 bits per heavy atom. The van der Waals surface area contributed by atoms with E-state index in [1.807, 2.05) is 0 Å². The zero-order valence-corrected chi connectivity index (χ0v) is 12.8. The minimum Gasteiger partial charge on any atom is -0.311 e. The third kappa shape index (κ3) is 3.42. The number of nitrogens with zero attached hydrogens (tertiary/aromatic N) is 1. The van der Waals surface area contributed by atoms with Crippen molar-refractivity contribution < 1.29 is 0 Å². The van der Waals surface area contributed by atoms with Crippen LogP contribution >= 0.6 is 0 Å². The Hall–Kier alpha value is -0.860. The Morgan fingerprint density at radius 1 is 1.05 bits per heavy atom. The van der Waals surface area contributed by atoms with Crippen LogP contribution < -0.4 is 5.32 Å². The smallest absolute Gasteiger partial charge is 0.0206 e. The lowest BCUT2D eigenvalue weighted by molar-refractivity contribution is 0.170. The van der Waals surface area contributed by atoms with E-state index < -0.39 is 0 Å². The molecule has 0 spiro atoms. The maximum Gasteiger partial charge on any atom is 0.0206 e. The van der Waals surface area contributed by atoms with Crippen molar-refractivity contribution in [3.63, 3.8) is 0 Å². The Bertz CT molecular complexity index is 435. The van der Waals surface area contributed by atoms with E-state index >= 15 is 0 Å². The second-order valence-electron chi connectivity index (χ2n) is 6.53. The number of nitrogens with one attached hydrogen (secondary N) is 1. The van der Waals surface area contributed by atoms with Gasteiger partial charge in [-0.2, -0.15) is 0 Å². The molecule has 1 aliphatic heterocycles. The van der Waals surface area contributed by atoms with Crippen LogP contribution in [0.2, 0.25) is 0 Å². The Morgan fingerprint density at radius 2 is 1.85 bits per heavy atom. The van der Waals surface area contributed by atoms with Crippen LogP contribution in [0.3, 0.4) is 0 Å². The number of rotatable bonds is 5. The second-order valence-corrected chi connectivity index (χ2v) is 6.53. The summed E-state index contributed by atoms with van der Waals surface area (Å²) < 4.78 is 0. The molecule has 1 heterocycles. The van der Waals surface area contributed by atoms with Gasteiger partial charge in [-0.3, -0.25) is 4.90 Å². The van der Waals surface area contributed by atoms with Crippen molar-refractivity contribution in [1.82, 2.24) is 10.2 Å². The van der Waals surface area contributed by atoms with Gasteiger partial charge in [0.2, 0.25) is 0 Å². The normalized spacial score (nSPS) is 20.9. The van der Waals surface area contributed by atoms with Crippen molar-refractivity contribution in [1.29, 1.82) is 0 Å². The largest absolute Gasteiger partial charge is 0.311 e. The summed E-state index contributed by atoms with van der Waals surface area (Å²) in [6.07, 6.45) is 8.11. The van der Waals surface area contributed by atoms with Crippen LogP contribution in [0.25, 0.3) is 0 Å². The summed E-state index contributed by atoms with van der Waals surface area (Å²) in [4.78, 5) is 2.64. The fraction of sp³-hybridized carbons (Fsp3) is 0.667. The minimum atomic E-state index is 0.671. The predicted molar refractivity (Wildman–Crippen MR) is 85.1 cm³/mol. The molecule has 1 atom stereocenters. The molecule has 1 aromatic rings. The fourth-order valence-electron chi connectivity index (χ4n) is 3.65. The Balaban J connectivity index is 1.45. The summed E-state index contributed by atoms with van der Waals surface area (Å²) in [6, 6.07) is 7.74. The first-order chi connectivity index (χ1) is 9.83. The molecule has 1 aromatic carbocycles. The lowest BCUT2D eigenvalue weighted by atomic mass is 10.1. The van der Waals surface area contributed by atoms with Gasteiger partial charge in [0.1, 0.15) is 0 Å². The third-order valence-electron chi connectivity index (χ3n) is 4.95. The molecule has 0 radical (unpaired) electrons. The number of aryl methyl sites for hydroxylation is 2. The highest BCUT2D eigenvalue weighted by atomic mass is 15.2. The van der Waals surface area contributed by atoms with Gasteiger partial charge in [-0.25, -0.2) is 0 Å². The van der Waals surface area contributed by atoms with Crippen molar-refractivity contribution in [3.8, 4) is 0 Å². The zero-order valence-electron chi connectivity index (χ0n) is 12.8. The van der Waals surface area contributed by atoms with E-state index in [-0.39, 0.29) is 0 Å². The van der Waals surface area contributed by atoms with E-state index in [9.17, 15) is 0 Å². The summed E-state index contributed by atoms with van der Waals surface area (Å²) in [7, 11) is 0. The van der Waals surface area contributed by atoms with E-state index in [2.05, 4.69) is 35.3 Å². The molecule has 2 nitrogen and oxygen atoms in total. The van der Waals surface area contributed by atoms with Crippen molar-refractivity contribution in [2.75, 3.05) is 19.6 Å². The fourth-order valence-corrected chi connectivity index (χ4v) is 3.65. The zero-order chi connectivity index (χ0) is 13.8. The van der Waals surface area contributed by atoms with Crippen LogP contribution in [-0.4, -0.2) is 30.6 Å². The van der Waals surface area contributed by atoms with Gasteiger partial charge in [0.25, 0.3) is 0 Å². The van der Waals surface area contributed by atoms with E-state index in [1.54, 1.807) is 11.1 Å². The molecule has 20 heavy (non-hydrogen) atoms. The molecule has 0 bridgehead atoms. The van der Waals surface area contributed by atoms with Crippen LogP contribution in [0.4, 0.5) is 0 Å². The van der Waals surface area contributed by atoms with Gasteiger partial charge in [0.05, 0.1) is 0 Å². The van der Waals surface area contributed by atoms with Gasteiger partial charge in [0, 0.05) is 19.1 Å². The van der Waals surface area contributed by atoms with Crippen LogP contribution in [0, 0.1) is 0 Å². The van der Waals surface area contributed by atoms with Crippen molar-refractivity contribution in [2.45, 2.75) is 58.0 Å². The molecule has 2 aliphatic rings. The maximum absolute atomic E-state index is 3.65. The molecule has 2 heteroatoms. The number of hydrogen-bond acceptors (Lipinski definition) is 2. The molecule has 110 valence electrons. The quantitative estimate of drug-likeness (QED) is 0.886. The number of hydrogen-bond donors (Lipinski definition) is 1. The molecular formula is C18H28N2. The Kier molecular flexibility index (Phi) is 4.74. The highest BCUT2D eigenvalue weighted by molar-refractivity contribution is 5.35. The average Bonchev–Trinajstić information content (AvgIpc) is 2.95. The van der Waals surface area contributed by atoms with Crippen molar-refractivity contribution in [2.24, 2.45) is 0 Å². The topological polar surface area (TPSA) is 15.3 Å². The van der Waals surface area contributed by atoms with Crippen molar-refractivity contribution >= 4 is 0 Å². The highest BCUT2D eigenvalue weighted by Crippen LogP contribution is 2.22. The molecule has 1 saturated heterocycles. The molecule has 1 N–H and O–H groups in total.